The second-order valence-corrected chi connectivity index (χ2v) is 7.23. The van der Waals surface area contributed by atoms with Crippen LogP contribution >= 0.6 is 0 Å². The van der Waals surface area contributed by atoms with Crippen molar-refractivity contribution in [3.63, 3.8) is 0 Å². The minimum absolute atomic E-state index is 0.142. The van der Waals surface area contributed by atoms with Gasteiger partial charge in [0.1, 0.15) is 0 Å². The Labute approximate surface area is 179 Å². The van der Waals surface area contributed by atoms with Gasteiger partial charge in [0.25, 0.3) is 5.91 Å². The Bertz CT molecular complexity index is 1420. The summed E-state index contributed by atoms with van der Waals surface area (Å²) in [4.78, 5) is 12.6. The van der Waals surface area contributed by atoms with Crippen molar-refractivity contribution in [1.82, 2.24) is 0 Å². The van der Waals surface area contributed by atoms with Crippen LogP contribution in [0.5, 0.6) is 0 Å². The summed E-state index contributed by atoms with van der Waals surface area (Å²) in [6.07, 6.45) is 0. The zero-order valence-electron chi connectivity index (χ0n) is 16.7. The van der Waals surface area contributed by atoms with Crippen LogP contribution in [0, 0.1) is 0 Å². The molecule has 0 aromatic heterocycles. The van der Waals surface area contributed by atoms with Gasteiger partial charge in [-0.15, -0.1) is 5.11 Å². The highest BCUT2D eigenvalue weighted by molar-refractivity contribution is 6.10. The second kappa shape index (κ2) is 8.20. The number of amides is 1. The van der Waals surface area contributed by atoms with Gasteiger partial charge in [-0.25, -0.2) is 0 Å². The average molecular weight is 401 g/mol. The van der Waals surface area contributed by atoms with E-state index in [-0.39, 0.29) is 5.91 Å². The highest BCUT2D eigenvalue weighted by Gasteiger charge is 2.10. The van der Waals surface area contributed by atoms with E-state index in [1.165, 1.54) is 5.39 Å². The zero-order valence-corrected chi connectivity index (χ0v) is 16.7. The van der Waals surface area contributed by atoms with Crippen LogP contribution in [-0.2, 0) is 0 Å². The minimum Gasteiger partial charge on any atom is -0.321 e. The Hall–Kier alpha value is -4.31. The molecule has 1 amide bonds. The van der Waals surface area contributed by atoms with Crippen LogP contribution in [0.25, 0.3) is 21.5 Å². The van der Waals surface area contributed by atoms with Crippen LogP contribution in [0.15, 0.2) is 119 Å². The van der Waals surface area contributed by atoms with Gasteiger partial charge in [-0.3, -0.25) is 4.79 Å². The van der Waals surface area contributed by atoms with Gasteiger partial charge in [-0.2, -0.15) is 5.11 Å². The Morgan fingerprint density at radius 1 is 0.613 bits per heavy atom. The number of benzene rings is 5. The summed E-state index contributed by atoms with van der Waals surface area (Å²) in [6.45, 7) is 0. The maximum absolute atomic E-state index is 12.6. The number of rotatable bonds is 4. The van der Waals surface area contributed by atoms with E-state index >= 15 is 0 Å². The van der Waals surface area contributed by atoms with E-state index in [9.17, 15) is 4.79 Å². The molecule has 4 heteroatoms. The van der Waals surface area contributed by atoms with Crippen LogP contribution in [0.4, 0.5) is 17.1 Å². The molecular weight excluding hydrogens is 382 g/mol. The van der Waals surface area contributed by atoms with Gasteiger partial charge in [0.15, 0.2) is 0 Å². The summed E-state index contributed by atoms with van der Waals surface area (Å²) >= 11 is 0. The molecule has 5 rings (SSSR count). The van der Waals surface area contributed by atoms with Crippen molar-refractivity contribution < 1.29 is 4.79 Å². The third kappa shape index (κ3) is 3.91. The first-order chi connectivity index (χ1) is 15.3. The Balaban J connectivity index is 1.48. The monoisotopic (exact) mass is 401 g/mol. The van der Waals surface area contributed by atoms with Crippen LogP contribution < -0.4 is 5.32 Å². The first kappa shape index (κ1) is 18.7. The van der Waals surface area contributed by atoms with Crippen LogP contribution in [0.2, 0.25) is 0 Å². The second-order valence-electron chi connectivity index (χ2n) is 7.23. The molecule has 1 N–H and O–H groups in total. The maximum atomic E-state index is 12.6. The fourth-order valence-electron chi connectivity index (χ4n) is 3.61. The lowest BCUT2D eigenvalue weighted by molar-refractivity contribution is 0.102. The first-order valence-corrected chi connectivity index (χ1v) is 10.1. The summed E-state index contributed by atoms with van der Waals surface area (Å²) in [5.41, 5.74) is 2.91. The van der Waals surface area contributed by atoms with Crippen LogP contribution in [0.1, 0.15) is 10.4 Å². The number of fused-ring (bicyclic) bond motifs is 2. The molecule has 0 aliphatic heterocycles. The summed E-state index contributed by atoms with van der Waals surface area (Å²) < 4.78 is 0. The van der Waals surface area contributed by atoms with Crippen molar-refractivity contribution in [1.29, 1.82) is 0 Å². The summed E-state index contributed by atoms with van der Waals surface area (Å²) in [5, 5.41) is 16.1. The fraction of sp³-hybridized carbons (Fsp3) is 0. The first-order valence-electron chi connectivity index (χ1n) is 10.1. The molecule has 0 atom stereocenters. The molecule has 5 aromatic rings. The Morgan fingerprint density at radius 3 is 2.16 bits per heavy atom. The molecular formula is C27H19N3O. The number of azo groups is 1. The quantitative estimate of drug-likeness (QED) is 0.309. The molecule has 4 nitrogen and oxygen atoms in total. The predicted molar refractivity (Wildman–Crippen MR) is 126 cm³/mol. The van der Waals surface area contributed by atoms with E-state index < -0.39 is 0 Å². The van der Waals surface area contributed by atoms with Crippen molar-refractivity contribution in [2.45, 2.75) is 0 Å². The molecule has 31 heavy (non-hydrogen) atoms. The Morgan fingerprint density at radius 2 is 1.32 bits per heavy atom. The molecule has 0 saturated heterocycles. The molecule has 0 heterocycles. The lowest BCUT2D eigenvalue weighted by Crippen LogP contribution is -2.11. The van der Waals surface area contributed by atoms with Gasteiger partial charge in [0.2, 0.25) is 0 Å². The van der Waals surface area contributed by atoms with Gasteiger partial charge in [-0.05, 0) is 47.2 Å². The van der Waals surface area contributed by atoms with Crippen molar-refractivity contribution in [3.05, 3.63) is 115 Å². The molecule has 0 radical (unpaired) electrons. The predicted octanol–water partition coefficient (Wildman–Crippen LogP) is 7.66. The van der Waals surface area contributed by atoms with Gasteiger partial charge in [0.05, 0.1) is 11.4 Å². The normalized spacial score (nSPS) is 11.2. The number of carbonyl (C=O) groups is 1. The number of nitrogens with zero attached hydrogens (tertiary/aromatic N) is 2. The van der Waals surface area contributed by atoms with E-state index in [1.54, 1.807) is 12.1 Å². The topological polar surface area (TPSA) is 53.8 Å². The Kier molecular flexibility index (Phi) is 4.95. The standard InChI is InChI=1S/C27H19N3O/c31-27(20-9-2-1-3-10-20)28-25-16-17-26(24-13-7-6-12-23(24)25)30-29-22-15-14-19-8-4-5-11-21(19)18-22/h1-18H,(H,28,31). The number of hydrogen-bond donors (Lipinski definition) is 1. The zero-order chi connectivity index (χ0) is 21.0. The summed E-state index contributed by atoms with van der Waals surface area (Å²) in [7, 11) is 0. The maximum Gasteiger partial charge on any atom is 0.255 e. The molecule has 148 valence electrons. The molecule has 5 aromatic carbocycles. The van der Waals surface area contributed by atoms with Gasteiger partial charge in [0, 0.05) is 22.0 Å². The molecule has 0 spiro atoms. The van der Waals surface area contributed by atoms with E-state index in [0.29, 0.717) is 5.56 Å². The summed E-state index contributed by atoms with van der Waals surface area (Å²) in [5.74, 6) is -0.142. The van der Waals surface area contributed by atoms with E-state index in [0.717, 1.165) is 33.2 Å². The van der Waals surface area contributed by atoms with Gasteiger partial charge >= 0.3 is 0 Å². The molecule has 0 aliphatic rings. The van der Waals surface area contributed by atoms with E-state index in [2.05, 4.69) is 27.7 Å². The number of hydrogen-bond acceptors (Lipinski definition) is 3. The van der Waals surface area contributed by atoms with Crippen LogP contribution in [-0.4, -0.2) is 5.91 Å². The van der Waals surface area contributed by atoms with E-state index in [4.69, 9.17) is 0 Å². The van der Waals surface area contributed by atoms with Crippen molar-refractivity contribution in [2.75, 3.05) is 5.32 Å². The lowest BCUT2D eigenvalue weighted by Gasteiger charge is -2.10. The highest BCUT2D eigenvalue weighted by atomic mass is 16.1. The average Bonchev–Trinajstić information content (AvgIpc) is 2.84. The van der Waals surface area contributed by atoms with Crippen molar-refractivity contribution in [2.24, 2.45) is 10.2 Å². The number of anilines is 1. The third-order valence-electron chi connectivity index (χ3n) is 5.19. The molecule has 0 bridgehead atoms. The van der Waals surface area contributed by atoms with E-state index in [1.807, 2.05) is 84.9 Å². The SMILES string of the molecule is O=C(Nc1ccc(N=Nc2ccc3ccccc3c2)c2ccccc12)c1ccccc1. The largest absolute Gasteiger partial charge is 0.321 e. The van der Waals surface area contributed by atoms with Crippen molar-refractivity contribution >= 4 is 44.5 Å². The molecule has 0 saturated carbocycles. The lowest BCUT2D eigenvalue weighted by atomic mass is 10.1. The summed E-state index contributed by atoms with van der Waals surface area (Å²) in [6, 6.07) is 35.0. The molecule has 0 aliphatic carbocycles. The molecule has 0 fully saturated rings. The third-order valence-corrected chi connectivity index (χ3v) is 5.19. The fourth-order valence-corrected chi connectivity index (χ4v) is 3.61. The number of carbonyl (C=O) groups excluding carboxylic acids is 1. The van der Waals surface area contributed by atoms with Gasteiger partial charge < -0.3 is 5.32 Å². The van der Waals surface area contributed by atoms with Crippen molar-refractivity contribution in [3.8, 4) is 0 Å². The van der Waals surface area contributed by atoms with Crippen LogP contribution in [0.3, 0.4) is 0 Å². The van der Waals surface area contributed by atoms with Gasteiger partial charge in [-0.1, -0.05) is 72.8 Å². The smallest absolute Gasteiger partial charge is 0.255 e. The number of nitrogens with one attached hydrogen (secondary N) is 1. The molecule has 0 unspecified atom stereocenters. The highest BCUT2D eigenvalue weighted by Crippen LogP contribution is 2.33. The minimum atomic E-state index is -0.142.